The number of ether oxygens (including phenoxy) is 1. The second kappa shape index (κ2) is 7.58. The number of aryl methyl sites for hydroxylation is 2. The number of cyclic esters (lactones) is 1. The van der Waals surface area contributed by atoms with Gasteiger partial charge in [0.1, 0.15) is 12.4 Å². The first-order chi connectivity index (χ1) is 15.7. The molecule has 2 aliphatic rings. The molecule has 0 spiro atoms. The maximum Gasteiger partial charge on any atom is 0.344 e. The van der Waals surface area contributed by atoms with Gasteiger partial charge in [0.2, 0.25) is 0 Å². The van der Waals surface area contributed by atoms with Gasteiger partial charge in [-0.15, -0.1) is 0 Å². The predicted molar refractivity (Wildman–Crippen MR) is 119 cm³/mol. The lowest BCUT2D eigenvalue weighted by Crippen LogP contribution is -2.45. The Hall–Kier alpha value is -2.87. The molecule has 33 heavy (non-hydrogen) atoms. The molecule has 0 bridgehead atoms. The number of carbonyl (C=O) groups is 1. The molecule has 3 aromatic rings. The average molecular weight is 472 g/mol. The highest BCUT2D eigenvalue weighted by molar-refractivity contribution is 7.32. The summed E-state index contributed by atoms with van der Waals surface area (Å²) in [6.07, 6.45) is 0.659. The minimum absolute atomic E-state index is 0.00139. The van der Waals surface area contributed by atoms with Crippen LogP contribution in [-0.2, 0) is 43.8 Å². The normalized spacial score (nSPS) is 19.7. The summed E-state index contributed by atoms with van der Waals surface area (Å²) >= 11 is 0. The minimum Gasteiger partial charge on any atom is -0.458 e. The van der Waals surface area contributed by atoms with E-state index in [-0.39, 0.29) is 42.1 Å². The molecule has 2 aromatic heterocycles. The van der Waals surface area contributed by atoms with E-state index in [1.54, 1.807) is 30.5 Å². The first kappa shape index (κ1) is 21.9. The molecule has 0 radical (unpaired) electrons. The molecule has 5 rings (SSSR count). The Morgan fingerprint density at radius 2 is 2.03 bits per heavy atom. The van der Waals surface area contributed by atoms with E-state index in [2.05, 4.69) is 4.98 Å². The topological polar surface area (TPSA) is 108 Å². The molecule has 172 valence electrons. The van der Waals surface area contributed by atoms with Gasteiger partial charge in [-0.25, -0.2) is 14.2 Å². The van der Waals surface area contributed by atoms with Gasteiger partial charge in [-0.3, -0.25) is 13.9 Å². The van der Waals surface area contributed by atoms with E-state index in [1.165, 1.54) is 6.07 Å². The molecule has 2 aliphatic heterocycles. The quantitative estimate of drug-likeness (QED) is 0.358. The van der Waals surface area contributed by atoms with Crippen LogP contribution in [0.1, 0.15) is 48.1 Å². The highest BCUT2D eigenvalue weighted by atomic mass is 31.1. The van der Waals surface area contributed by atoms with Gasteiger partial charge in [-0.1, -0.05) is 13.8 Å². The standard InChI is InChI=1S/C23H22FN2O6P/c1-4-12-13-6-11(3)17(24)8-18(13)25-20-14(12)9-26-19(20)7-16-15(21(26)27)10-31-22(28)23(16,5-2)32-33(29)30/h6-8,33H,4-5,9-10H2,1-3H3,(H,29,30)/t23-/m0/s1. The lowest BCUT2D eigenvalue weighted by molar-refractivity contribution is -0.169. The van der Waals surface area contributed by atoms with Crippen LogP contribution in [0.5, 0.6) is 0 Å². The van der Waals surface area contributed by atoms with E-state index < -0.39 is 19.8 Å². The Morgan fingerprint density at radius 1 is 1.27 bits per heavy atom. The number of benzene rings is 1. The number of halogens is 1. The largest absolute Gasteiger partial charge is 0.458 e. The zero-order chi connectivity index (χ0) is 23.7. The van der Waals surface area contributed by atoms with Crippen LogP contribution in [0.2, 0.25) is 0 Å². The summed E-state index contributed by atoms with van der Waals surface area (Å²) < 4.78 is 37.9. The summed E-state index contributed by atoms with van der Waals surface area (Å²) in [5, 5.41) is 0.837. The molecule has 2 atom stereocenters. The summed E-state index contributed by atoms with van der Waals surface area (Å²) in [6, 6.07) is 4.78. The zero-order valence-electron chi connectivity index (χ0n) is 18.3. The third-order valence-electron chi connectivity index (χ3n) is 6.67. The van der Waals surface area contributed by atoms with Crippen molar-refractivity contribution >= 4 is 25.1 Å². The summed E-state index contributed by atoms with van der Waals surface area (Å²) in [6.45, 7) is 5.34. The number of nitrogens with zero attached hydrogens (tertiary/aromatic N) is 2. The predicted octanol–water partition coefficient (Wildman–Crippen LogP) is 3.50. The smallest absolute Gasteiger partial charge is 0.344 e. The first-order valence-corrected chi connectivity index (χ1v) is 12.0. The van der Waals surface area contributed by atoms with Gasteiger partial charge in [0.05, 0.1) is 29.0 Å². The van der Waals surface area contributed by atoms with Crippen molar-refractivity contribution in [2.75, 3.05) is 0 Å². The van der Waals surface area contributed by atoms with Crippen LogP contribution in [0.25, 0.3) is 22.3 Å². The van der Waals surface area contributed by atoms with Crippen molar-refractivity contribution < 1.29 is 27.9 Å². The second-order valence-electron chi connectivity index (χ2n) is 8.33. The number of aromatic nitrogens is 2. The number of rotatable bonds is 4. The van der Waals surface area contributed by atoms with Crippen LogP contribution in [0, 0.1) is 12.7 Å². The number of carbonyl (C=O) groups excluding carboxylic acids is 1. The van der Waals surface area contributed by atoms with Crippen LogP contribution in [0.3, 0.4) is 0 Å². The van der Waals surface area contributed by atoms with Gasteiger partial charge >= 0.3 is 14.2 Å². The molecule has 0 amide bonds. The Labute approximate surface area is 188 Å². The minimum atomic E-state index is -3.53. The lowest BCUT2D eigenvalue weighted by atomic mass is 9.86. The third kappa shape index (κ3) is 3.03. The molecule has 4 heterocycles. The van der Waals surface area contributed by atoms with Gasteiger partial charge in [0, 0.05) is 22.6 Å². The van der Waals surface area contributed by atoms with E-state index >= 15 is 0 Å². The van der Waals surface area contributed by atoms with E-state index in [4.69, 9.17) is 9.26 Å². The Balaban J connectivity index is 1.83. The van der Waals surface area contributed by atoms with Crippen molar-refractivity contribution in [3.63, 3.8) is 0 Å². The van der Waals surface area contributed by atoms with Crippen LogP contribution >= 0.6 is 8.25 Å². The molecule has 0 fully saturated rings. The zero-order valence-corrected chi connectivity index (χ0v) is 19.3. The molecule has 0 saturated carbocycles. The molecule has 0 saturated heterocycles. The van der Waals surface area contributed by atoms with Crippen LogP contribution in [0.4, 0.5) is 4.39 Å². The third-order valence-corrected chi connectivity index (χ3v) is 7.19. The molecule has 8 nitrogen and oxygen atoms in total. The van der Waals surface area contributed by atoms with Crippen molar-refractivity contribution in [3.05, 3.63) is 62.2 Å². The molecule has 1 N–H and O–H groups in total. The van der Waals surface area contributed by atoms with Crippen LogP contribution in [0.15, 0.2) is 23.0 Å². The van der Waals surface area contributed by atoms with Gasteiger partial charge in [0.15, 0.2) is 5.60 Å². The highest BCUT2D eigenvalue weighted by Gasteiger charge is 2.49. The fraction of sp³-hybridized carbons (Fsp3) is 0.348. The van der Waals surface area contributed by atoms with E-state index in [0.29, 0.717) is 28.9 Å². The van der Waals surface area contributed by atoms with Gasteiger partial charge in [-0.05, 0) is 43.0 Å². The molecule has 10 heteroatoms. The maximum atomic E-state index is 14.3. The van der Waals surface area contributed by atoms with Crippen molar-refractivity contribution in [3.8, 4) is 11.4 Å². The monoisotopic (exact) mass is 472 g/mol. The average Bonchev–Trinajstić information content (AvgIpc) is 3.13. The number of fused-ring (bicyclic) bond motifs is 5. The second-order valence-corrected chi connectivity index (χ2v) is 9.06. The number of hydrogen-bond donors (Lipinski definition) is 1. The Bertz CT molecular complexity index is 1450. The summed E-state index contributed by atoms with van der Waals surface area (Å²) in [5.74, 6) is -1.18. The Kier molecular flexibility index (Phi) is 5.04. The fourth-order valence-electron chi connectivity index (χ4n) is 5.00. The van der Waals surface area contributed by atoms with Gasteiger partial charge < -0.3 is 14.2 Å². The summed E-state index contributed by atoms with van der Waals surface area (Å²) in [4.78, 5) is 40.3. The van der Waals surface area contributed by atoms with E-state index in [1.807, 2.05) is 6.92 Å². The van der Waals surface area contributed by atoms with Crippen molar-refractivity contribution in [1.82, 2.24) is 9.55 Å². The summed E-state index contributed by atoms with van der Waals surface area (Å²) in [5.41, 5.74) is 2.01. The van der Waals surface area contributed by atoms with Gasteiger partial charge in [-0.2, -0.15) is 0 Å². The Morgan fingerprint density at radius 3 is 2.70 bits per heavy atom. The molecule has 1 unspecified atom stereocenters. The molecular weight excluding hydrogens is 450 g/mol. The molecular formula is C23H22FN2O6P. The van der Waals surface area contributed by atoms with Crippen LogP contribution < -0.4 is 5.56 Å². The number of hydrogen-bond acceptors (Lipinski definition) is 6. The van der Waals surface area contributed by atoms with E-state index in [9.17, 15) is 23.4 Å². The van der Waals surface area contributed by atoms with Crippen molar-refractivity contribution in [1.29, 1.82) is 0 Å². The van der Waals surface area contributed by atoms with Crippen LogP contribution in [-0.4, -0.2) is 20.4 Å². The van der Waals surface area contributed by atoms with Gasteiger partial charge in [0.25, 0.3) is 5.56 Å². The highest BCUT2D eigenvalue weighted by Crippen LogP contribution is 2.45. The fourth-order valence-corrected chi connectivity index (χ4v) is 5.64. The number of esters is 1. The number of pyridine rings is 2. The van der Waals surface area contributed by atoms with E-state index in [0.717, 1.165) is 16.5 Å². The molecule has 1 aromatic carbocycles. The lowest BCUT2D eigenvalue weighted by Gasteiger charge is -2.34. The van der Waals surface area contributed by atoms with Crippen molar-refractivity contribution in [2.24, 2.45) is 0 Å². The van der Waals surface area contributed by atoms with Crippen molar-refractivity contribution in [2.45, 2.75) is 52.4 Å². The SMILES string of the molecule is CCc1c2c(nc3cc(F)c(C)cc13)-c1cc3c(c(=O)n1C2)COC(=O)[C@@]3(CC)O[PH](=O)O. The molecule has 0 aliphatic carbocycles. The summed E-state index contributed by atoms with van der Waals surface area (Å²) in [7, 11) is -3.53. The first-order valence-electron chi connectivity index (χ1n) is 10.7. The maximum absolute atomic E-state index is 14.3.